The van der Waals surface area contributed by atoms with Gasteiger partial charge in [-0.25, -0.2) is 9.67 Å². The van der Waals surface area contributed by atoms with E-state index in [1.54, 1.807) is 11.0 Å². The lowest BCUT2D eigenvalue weighted by Gasteiger charge is -2.32. The molecule has 1 N–H and O–H groups in total. The molecule has 2 aromatic rings. The van der Waals surface area contributed by atoms with Crippen LogP contribution in [0.15, 0.2) is 36.9 Å². The van der Waals surface area contributed by atoms with Crippen LogP contribution in [0, 0.1) is 5.92 Å². The number of rotatable bonds is 4. The van der Waals surface area contributed by atoms with Crippen molar-refractivity contribution in [3.05, 3.63) is 42.5 Å². The first kappa shape index (κ1) is 14.7. The molecule has 3 rings (SSSR count). The number of hydrogen-bond donors (Lipinski definition) is 1. The van der Waals surface area contributed by atoms with Gasteiger partial charge in [-0.1, -0.05) is 0 Å². The Hall–Kier alpha value is -2.21. The maximum Gasteiger partial charge on any atom is 0.253 e. The molecule has 22 heavy (non-hydrogen) atoms. The molecule has 0 aliphatic carbocycles. The van der Waals surface area contributed by atoms with Gasteiger partial charge in [-0.15, -0.1) is 0 Å². The lowest BCUT2D eigenvalue weighted by atomic mass is 9.97. The zero-order chi connectivity index (χ0) is 15.4. The number of carbonyl (C=O) groups is 1. The van der Waals surface area contributed by atoms with Crippen molar-refractivity contribution in [1.29, 1.82) is 0 Å². The fourth-order valence-corrected chi connectivity index (χ4v) is 2.99. The van der Waals surface area contributed by atoms with Crippen molar-refractivity contribution in [3.63, 3.8) is 0 Å². The van der Waals surface area contributed by atoms with Crippen molar-refractivity contribution >= 4 is 5.91 Å². The Bertz CT molecular complexity index is 606. The smallest absolute Gasteiger partial charge is 0.253 e. The fourth-order valence-electron chi connectivity index (χ4n) is 2.99. The number of benzene rings is 1. The van der Waals surface area contributed by atoms with E-state index in [2.05, 4.69) is 15.4 Å². The molecule has 116 valence electrons. The van der Waals surface area contributed by atoms with E-state index in [1.165, 1.54) is 12.7 Å². The van der Waals surface area contributed by atoms with Crippen LogP contribution in [0.3, 0.4) is 0 Å². The number of piperidine rings is 1. The lowest BCUT2D eigenvalue weighted by molar-refractivity contribution is 0.0674. The largest absolute Gasteiger partial charge is 0.338 e. The molecule has 1 fully saturated rings. The summed E-state index contributed by atoms with van der Waals surface area (Å²) in [6.07, 6.45) is 5.41. The van der Waals surface area contributed by atoms with Crippen LogP contribution in [0.4, 0.5) is 0 Å². The average Bonchev–Trinajstić information content (AvgIpc) is 3.09. The summed E-state index contributed by atoms with van der Waals surface area (Å²) in [5.74, 6) is 0.670. The second kappa shape index (κ2) is 6.70. The van der Waals surface area contributed by atoms with E-state index in [1.807, 2.05) is 36.2 Å². The third-order valence-corrected chi connectivity index (χ3v) is 4.10. The van der Waals surface area contributed by atoms with E-state index >= 15 is 0 Å². The predicted molar refractivity (Wildman–Crippen MR) is 83.9 cm³/mol. The monoisotopic (exact) mass is 299 g/mol. The Morgan fingerprint density at radius 3 is 2.86 bits per heavy atom. The lowest BCUT2D eigenvalue weighted by Crippen LogP contribution is -2.42. The highest BCUT2D eigenvalue weighted by atomic mass is 16.2. The molecule has 1 aliphatic rings. The van der Waals surface area contributed by atoms with E-state index in [9.17, 15) is 4.79 Å². The highest BCUT2D eigenvalue weighted by Gasteiger charge is 2.23. The minimum absolute atomic E-state index is 0.117. The van der Waals surface area contributed by atoms with Crippen molar-refractivity contribution in [1.82, 2.24) is 25.0 Å². The predicted octanol–water partition coefficient (Wildman–Crippen LogP) is 1.34. The Balaban J connectivity index is 1.69. The first-order valence-electron chi connectivity index (χ1n) is 7.67. The molecule has 0 spiro atoms. The quantitative estimate of drug-likeness (QED) is 0.925. The second-order valence-corrected chi connectivity index (χ2v) is 5.70. The topological polar surface area (TPSA) is 63.1 Å². The summed E-state index contributed by atoms with van der Waals surface area (Å²) in [6, 6.07) is 7.52. The van der Waals surface area contributed by atoms with Gasteiger partial charge in [0, 0.05) is 18.7 Å². The van der Waals surface area contributed by atoms with Crippen LogP contribution in [0.2, 0.25) is 0 Å². The Labute approximate surface area is 130 Å². The molecule has 0 unspecified atom stereocenters. The van der Waals surface area contributed by atoms with Crippen molar-refractivity contribution < 1.29 is 4.79 Å². The molecule has 6 nitrogen and oxygen atoms in total. The minimum atomic E-state index is 0.117. The van der Waals surface area contributed by atoms with Crippen LogP contribution in [-0.4, -0.2) is 52.3 Å². The van der Waals surface area contributed by atoms with Crippen LogP contribution in [0.1, 0.15) is 23.2 Å². The number of amides is 1. The molecule has 1 aromatic carbocycles. The van der Waals surface area contributed by atoms with Crippen LogP contribution in [-0.2, 0) is 0 Å². The molecular formula is C16H21N5O. The summed E-state index contributed by atoms with van der Waals surface area (Å²) < 4.78 is 1.68. The molecule has 1 aromatic heterocycles. The van der Waals surface area contributed by atoms with Crippen molar-refractivity contribution in [2.24, 2.45) is 5.92 Å². The van der Waals surface area contributed by atoms with Crippen LogP contribution in [0.5, 0.6) is 0 Å². The van der Waals surface area contributed by atoms with E-state index in [0.29, 0.717) is 5.92 Å². The van der Waals surface area contributed by atoms with E-state index in [4.69, 9.17) is 0 Å². The highest BCUT2D eigenvalue weighted by Crippen LogP contribution is 2.18. The van der Waals surface area contributed by atoms with Gasteiger partial charge in [0.15, 0.2) is 0 Å². The Morgan fingerprint density at radius 2 is 2.18 bits per heavy atom. The number of carbonyl (C=O) groups excluding carboxylic acids is 1. The van der Waals surface area contributed by atoms with Crippen LogP contribution >= 0.6 is 0 Å². The summed E-state index contributed by atoms with van der Waals surface area (Å²) in [5.41, 5.74) is 1.63. The number of likely N-dealkylation sites (tertiary alicyclic amines) is 1. The standard InChI is InChI=1S/C16H21N5O/c1-17-9-13-3-2-8-20(10-13)16(22)14-4-6-15(7-5-14)21-12-18-11-19-21/h4-7,11-13,17H,2-3,8-10H2,1H3/t13-/m1/s1. The molecule has 1 saturated heterocycles. The normalized spacial score (nSPS) is 18.4. The zero-order valence-corrected chi connectivity index (χ0v) is 12.8. The van der Waals surface area contributed by atoms with Gasteiger partial charge in [-0.05, 0) is 56.6 Å². The van der Waals surface area contributed by atoms with Crippen LogP contribution in [0.25, 0.3) is 5.69 Å². The van der Waals surface area contributed by atoms with Gasteiger partial charge >= 0.3 is 0 Å². The van der Waals surface area contributed by atoms with Crippen LogP contribution < -0.4 is 5.32 Å². The third-order valence-electron chi connectivity index (χ3n) is 4.10. The molecule has 0 bridgehead atoms. The first-order chi connectivity index (χ1) is 10.8. The van der Waals surface area contributed by atoms with Crippen molar-refractivity contribution in [2.75, 3.05) is 26.7 Å². The van der Waals surface area contributed by atoms with Gasteiger partial charge in [-0.2, -0.15) is 5.10 Å². The average molecular weight is 299 g/mol. The maximum atomic E-state index is 12.6. The number of hydrogen-bond acceptors (Lipinski definition) is 4. The van der Waals surface area contributed by atoms with Gasteiger partial charge in [0.05, 0.1) is 5.69 Å². The van der Waals surface area contributed by atoms with Gasteiger partial charge in [-0.3, -0.25) is 4.79 Å². The molecule has 0 saturated carbocycles. The molecule has 0 radical (unpaired) electrons. The number of aromatic nitrogens is 3. The summed E-state index contributed by atoms with van der Waals surface area (Å²) in [7, 11) is 1.96. The SMILES string of the molecule is CNC[C@H]1CCCN(C(=O)c2ccc(-n3cncn3)cc2)C1. The van der Waals surface area contributed by atoms with E-state index in [0.717, 1.165) is 37.3 Å². The molecule has 1 aliphatic heterocycles. The van der Waals surface area contributed by atoms with E-state index < -0.39 is 0 Å². The molecule has 1 atom stereocenters. The van der Waals surface area contributed by atoms with Crippen molar-refractivity contribution in [2.45, 2.75) is 12.8 Å². The fraction of sp³-hybridized carbons (Fsp3) is 0.438. The molecular weight excluding hydrogens is 278 g/mol. The second-order valence-electron chi connectivity index (χ2n) is 5.70. The summed E-state index contributed by atoms with van der Waals surface area (Å²) in [4.78, 5) is 18.5. The summed E-state index contributed by atoms with van der Waals surface area (Å²) in [5, 5.41) is 7.29. The first-order valence-corrected chi connectivity index (χ1v) is 7.67. The molecule has 1 amide bonds. The summed E-state index contributed by atoms with van der Waals surface area (Å²) >= 11 is 0. The van der Waals surface area contributed by atoms with Crippen molar-refractivity contribution in [3.8, 4) is 5.69 Å². The van der Waals surface area contributed by atoms with Gasteiger partial charge < -0.3 is 10.2 Å². The summed E-state index contributed by atoms with van der Waals surface area (Å²) in [6.45, 7) is 2.66. The number of nitrogens with zero attached hydrogens (tertiary/aromatic N) is 4. The third kappa shape index (κ3) is 3.17. The maximum absolute atomic E-state index is 12.6. The molecule has 6 heteroatoms. The highest BCUT2D eigenvalue weighted by molar-refractivity contribution is 5.94. The van der Waals surface area contributed by atoms with E-state index in [-0.39, 0.29) is 5.91 Å². The number of nitrogens with one attached hydrogen (secondary N) is 1. The van der Waals surface area contributed by atoms with Gasteiger partial charge in [0.2, 0.25) is 0 Å². The van der Waals surface area contributed by atoms with Gasteiger partial charge in [0.25, 0.3) is 5.91 Å². The zero-order valence-electron chi connectivity index (χ0n) is 12.8. The molecule has 2 heterocycles. The Kier molecular flexibility index (Phi) is 4.48. The van der Waals surface area contributed by atoms with Gasteiger partial charge in [0.1, 0.15) is 12.7 Å². The minimum Gasteiger partial charge on any atom is -0.338 e. The Morgan fingerprint density at radius 1 is 1.36 bits per heavy atom.